The highest BCUT2D eigenvalue weighted by Crippen LogP contribution is 2.19. The Morgan fingerprint density at radius 2 is 1.63 bits per heavy atom. The largest absolute Gasteiger partial charge is 0.479 e. The molecular formula is C16H15BrO2. The average Bonchev–Trinajstić information content (AvgIpc) is 2.48. The van der Waals surface area contributed by atoms with Crippen molar-refractivity contribution in [3.05, 3.63) is 65.7 Å². The summed E-state index contributed by atoms with van der Waals surface area (Å²) in [6, 6.07) is 16.5. The van der Waals surface area contributed by atoms with Crippen LogP contribution in [0.15, 0.2) is 54.6 Å². The standard InChI is InChI=1S/C16H15BrO2/c1-2-15(17)19-14-10-8-13(9-11-14)16(18)12-6-4-3-5-7-12/h3-11,15H,2H2,1H3. The van der Waals surface area contributed by atoms with Gasteiger partial charge in [0.1, 0.15) is 5.75 Å². The Morgan fingerprint density at radius 1 is 1.05 bits per heavy atom. The molecule has 2 rings (SSSR count). The van der Waals surface area contributed by atoms with Crippen molar-refractivity contribution in [1.29, 1.82) is 0 Å². The molecule has 98 valence electrons. The summed E-state index contributed by atoms with van der Waals surface area (Å²) in [7, 11) is 0. The summed E-state index contributed by atoms with van der Waals surface area (Å²) in [6.07, 6.45) is 0.880. The van der Waals surface area contributed by atoms with Gasteiger partial charge in [-0.25, -0.2) is 0 Å². The second kappa shape index (κ2) is 6.53. The fraction of sp³-hybridized carbons (Fsp3) is 0.188. The van der Waals surface area contributed by atoms with E-state index in [-0.39, 0.29) is 10.8 Å². The van der Waals surface area contributed by atoms with Crippen molar-refractivity contribution in [2.75, 3.05) is 0 Å². The first kappa shape index (κ1) is 13.8. The topological polar surface area (TPSA) is 26.3 Å². The van der Waals surface area contributed by atoms with Crippen LogP contribution in [0, 0.1) is 0 Å². The first-order valence-electron chi connectivity index (χ1n) is 6.21. The fourth-order valence-electron chi connectivity index (χ4n) is 1.67. The third-order valence-electron chi connectivity index (χ3n) is 2.74. The van der Waals surface area contributed by atoms with Crippen LogP contribution >= 0.6 is 15.9 Å². The maximum absolute atomic E-state index is 12.2. The van der Waals surface area contributed by atoms with Crippen LogP contribution in [0.2, 0.25) is 0 Å². The van der Waals surface area contributed by atoms with Gasteiger partial charge in [0.25, 0.3) is 0 Å². The maximum Gasteiger partial charge on any atom is 0.193 e. The Morgan fingerprint density at radius 3 is 2.21 bits per heavy atom. The molecule has 0 aliphatic carbocycles. The Labute approximate surface area is 121 Å². The summed E-state index contributed by atoms with van der Waals surface area (Å²) in [5, 5.41) is 0.00294. The molecule has 1 unspecified atom stereocenters. The van der Waals surface area contributed by atoms with Gasteiger partial charge in [0.2, 0.25) is 0 Å². The van der Waals surface area contributed by atoms with Gasteiger partial charge in [-0.2, -0.15) is 0 Å². The molecule has 0 saturated carbocycles. The van der Waals surface area contributed by atoms with Gasteiger partial charge in [-0.05, 0) is 46.6 Å². The number of carbonyl (C=O) groups excluding carboxylic acids is 1. The Bertz CT molecular complexity index is 534. The van der Waals surface area contributed by atoms with Gasteiger partial charge in [0.05, 0.1) is 0 Å². The predicted octanol–water partition coefficient (Wildman–Crippen LogP) is 4.43. The maximum atomic E-state index is 12.2. The summed E-state index contributed by atoms with van der Waals surface area (Å²) >= 11 is 3.41. The Balaban J connectivity index is 2.12. The number of ether oxygens (including phenoxy) is 1. The molecule has 2 nitrogen and oxygen atoms in total. The van der Waals surface area contributed by atoms with Crippen LogP contribution < -0.4 is 4.74 Å². The molecular weight excluding hydrogens is 304 g/mol. The van der Waals surface area contributed by atoms with E-state index in [0.29, 0.717) is 11.1 Å². The van der Waals surface area contributed by atoms with Gasteiger partial charge in [0, 0.05) is 11.1 Å². The average molecular weight is 319 g/mol. The van der Waals surface area contributed by atoms with E-state index in [2.05, 4.69) is 15.9 Å². The Hall–Kier alpha value is -1.61. The molecule has 0 aromatic heterocycles. The summed E-state index contributed by atoms with van der Waals surface area (Å²) in [5.41, 5.74) is 1.37. The second-order valence-corrected chi connectivity index (χ2v) is 5.18. The number of rotatable bonds is 5. The predicted molar refractivity (Wildman–Crippen MR) is 80.0 cm³/mol. The molecule has 0 N–H and O–H groups in total. The van der Waals surface area contributed by atoms with Crippen molar-refractivity contribution in [1.82, 2.24) is 0 Å². The normalized spacial score (nSPS) is 11.9. The molecule has 0 aliphatic heterocycles. The van der Waals surface area contributed by atoms with Crippen LogP contribution in [-0.2, 0) is 0 Å². The molecule has 0 heterocycles. The molecule has 1 atom stereocenters. The van der Waals surface area contributed by atoms with Crippen LogP contribution in [0.25, 0.3) is 0 Å². The first-order valence-corrected chi connectivity index (χ1v) is 7.13. The van der Waals surface area contributed by atoms with Gasteiger partial charge in [0.15, 0.2) is 10.8 Å². The second-order valence-electron chi connectivity index (χ2n) is 4.16. The van der Waals surface area contributed by atoms with E-state index < -0.39 is 0 Å². The fourth-order valence-corrected chi connectivity index (χ4v) is 1.89. The van der Waals surface area contributed by atoms with E-state index in [1.165, 1.54) is 0 Å². The number of halogens is 1. The van der Waals surface area contributed by atoms with Crippen LogP contribution in [0.1, 0.15) is 29.3 Å². The van der Waals surface area contributed by atoms with Gasteiger partial charge in [-0.3, -0.25) is 4.79 Å². The van der Waals surface area contributed by atoms with E-state index in [9.17, 15) is 4.79 Å². The van der Waals surface area contributed by atoms with Gasteiger partial charge < -0.3 is 4.74 Å². The molecule has 0 aliphatic rings. The number of alkyl halides is 1. The SMILES string of the molecule is CCC(Br)Oc1ccc(C(=O)c2ccccc2)cc1. The first-order chi connectivity index (χ1) is 9.20. The monoisotopic (exact) mass is 318 g/mol. The van der Waals surface area contributed by atoms with Crippen molar-refractivity contribution in [2.45, 2.75) is 18.4 Å². The Kier molecular flexibility index (Phi) is 4.74. The molecule has 0 saturated heterocycles. The molecule has 2 aromatic carbocycles. The minimum atomic E-state index is 0.00294. The van der Waals surface area contributed by atoms with Crippen LogP contribution in [0.5, 0.6) is 5.75 Å². The van der Waals surface area contributed by atoms with Gasteiger partial charge >= 0.3 is 0 Å². The molecule has 2 aromatic rings. The number of benzene rings is 2. The lowest BCUT2D eigenvalue weighted by molar-refractivity contribution is 0.103. The van der Waals surface area contributed by atoms with Crippen molar-refractivity contribution < 1.29 is 9.53 Å². The lowest BCUT2D eigenvalue weighted by Crippen LogP contribution is -2.06. The lowest BCUT2D eigenvalue weighted by atomic mass is 10.0. The minimum absolute atomic E-state index is 0.00294. The van der Waals surface area contributed by atoms with Crippen LogP contribution in [0.3, 0.4) is 0 Å². The summed E-state index contributed by atoms with van der Waals surface area (Å²) < 4.78 is 5.61. The number of ketones is 1. The number of carbonyl (C=O) groups is 1. The van der Waals surface area contributed by atoms with Gasteiger partial charge in [-0.1, -0.05) is 37.3 Å². The molecule has 0 radical (unpaired) electrons. The highest BCUT2D eigenvalue weighted by atomic mass is 79.9. The van der Waals surface area contributed by atoms with E-state index in [1.807, 2.05) is 49.4 Å². The van der Waals surface area contributed by atoms with Crippen molar-refractivity contribution >= 4 is 21.7 Å². The van der Waals surface area contributed by atoms with Crippen LogP contribution in [0.4, 0.5) is 0 Å². The molecule has 0 spiro atoms. The minimum Gasteiger partial charge on any atom is -0.479 e. The van der Waals surface area contributed by atoms with E-state index in [0.717, 1.165) is 12.2 Å². The summed E-state index contributed by atoms with van der Waals surface area (Å²) in [5.74, 6) is 0.784. The van der Waals surface area contributed by atoms with E-state index >= 15 is 0 Å². The number of hydrogen-bond acceptors (Lipinski definition) is 2. The molecule has 0 fully saturated rings. The van der Waals surface area contributed by atoms with Crippen molar-refractivity contribution in [3.8, 4) is 5.75 Å². The zero-order valence-electron chi connectivity index (χ0n) is 10.7. The zero-order valence-corrected chi connectivity index (χ0v) is 12.3. The lowest BCUT2D eigenvalue weighted by Gasteiger charge is -2.11. The van der Waals surface area contributed by atoms with E-state index in [4.69, 9.17) is 4.74 Å². The summed E-state index contributed by atoms with van der Waals surface area (Å²) in [4.78, 5) is 12.2. The third-order valence-corrected chi connectivity index (χ3v) is 3.57. The molecule has 3 heteroatoms. The highest BCUT2D eigenvalue weighted by molar-refractivity contribution is 9.09. The van der Waals surface area contributed by atoms with Crippen molar-refractivity contribution in [2.24, 2.45) is 0 Å². The molecule has 19 heavy (non-hydrogen) atoms. The van der Waals surface area contributed by atoms with Crippen molar-refractivity contribution in [3.63, 3.8) is 0 Å². The zero-order chi connectivity index (χ0) is 13.7. The summed E-state index contributed by atoms with van der Waals surface area (Å²) in [6.45, 7) is 2.03. The highest BCUT2D eigenvalue weighted by Gasteiger charge is 2.09. The quantitative estimate of drug-likeness (QED) is 0.602. The molecule has 0 bridgehead atoms. The van der Waals surface area contributed by atoms with E-state index in [1.54, 1.807) is 12.1 Å². The van der Waals surface area contributed by atoms with Gasteiger partial charge in [-0.15, -0.1) is 0 Å². The number of hydrogen-bond donors (Lipinski definition) is 0. The molecule has 0 amide bonds. The third kappa shape index (κ3) is 3.67. The smallest absolute Gasteiger partial charge is 0.193 e. The van der Waals surface area contributed by atoms with Crippen LogP contribution in [-0.4, -0.2) is 10.8 Å².